The van der Waals surface area contributed by atoms with Crippen LogP contribution in [0.15, 0.2) is 35.4 Å². The molecule has 0 spiro atoms. The van der Waals surface area contributed by atoms with E-state index in [9.17, 15) is 4.79 Å². The van der Waals surface area contributed by atoms with Gasteiger partial charge in [-0.15, -0.1) is 0 Å². The first-order valence-electron chi connectivity index (χ1n) is 11.2. The largest absolute Gasteiger partial charge is 0.481 e. The predicted octanol–water partition coefficient (Wildman–Crippen LogP) is 2.45. The Morgan fingerprint density at radius 2 is 1.97 bits per heavy atom. The molecule has 0 bridgehead atoms. The van der Waals surface area contributed by atoms with E-state index in [-0.39, 0.29) is 11.6 Å². The summed E-state index contributed by atoms with van der Waals surface area (Å²) in [5, 5.41) is 6.69. The number of anilines is 1. The van der Waals surface area contributed by atoms with Crippen LogP contribution in [0.25, 0.3) is 22.3 Å². The molecule has 1 saturated heterocycles. The molecule has 170 valence electrons. The van der Waals surface area contributed by atoms with E-state index in [1.807, 2.05) is 12.1 Å². The fourth-order valence-corrected chi connectivity index (χ4v) is 3.83. The number of pyridine rings is 2. The van der Waals surface area contributed by atoms with Crippen LogP contribution in [0.5, 0.6) is 5.88 Å². The molecule has 4 heterocycles. The van der Waals surface area contributed by atoms with Gasteiger partial charge in [-0.3, -0.25) is 9.36 Å². The number of nitrogens with zero attached hydrogens (tertiary/aromatic N) is 4. The maximum absolute atomic E-state index is 13.4. The van der Waals surface area contributed by atoms with Gasteiger partial charge in [0.25, 0.3) is 5.56 Å². The molecule has 0 saturated carbocycles. The van der Waals surface area contributed by atoms with Crippen molar-refractivity contribution in [2.24, 2.45) is 0 Å². The lowest BCUT2D eigenvalue weighted by molar-refractivity contribution is 0.127. The number of aromatic nitrogens is 4. The van der Waals surface area contributed by atoms with E-state index in [2.05, 4.69) is 32.5 Å². The maximum atomic E-state index is 13.4. The number of nitrogens with one attached hydrogen (secondary N) is 2. The van der Waals surface area contributed by atoms with Gasteiger partial charge in [0.15, 0.2) is 11.5 Å². The molecule has 9 nitrogen and oxygen atoms in total. The van der Waals surface area contributed by atoms with E-state index in [1.54, 1.807) is 30.1 Å². The Hall–Kier alpha value is -3.04. The molecule has 3 aromatic heterocycles. The molecule has 32 heavy (non-hydrogen) atoms. The van der Waals surface area contributed by atoms with Crippen LogP contribution < -0.4 is 20.9 Å². The van der Waals surface area contributed by atoms with E-state index in [0.29, 0.717) is 42.6 Å². The van der Waals surface area contributed by atoms with Crippen molar-refractivity contribution in [3.8, 4) is 17.0 Å². The van der Waals surface area contributed by atoms with Crippen LogP contribution in [0.3, 0.4) is 0 Å². The summed E-state index contributed by atoms with van der Waals surface area (Å²) in [4.78, 5) is 26.8. The molecule has 1 aliphatic heterocycles. The van der Waals surface area contributed by atoms with Gasteiger partial charge in [0.2, 0.25) is 5.88 Å². The predicted molar refractivity (Wildman–Crippen MR) is 124 cm³/mol. The molecule has 1 fully saturated rings. The van der Waals surface area contributed by atoms with Crippen molar-refractivity contribution in [3.63, 3.8) is 0 Å². The minimum Gasteiger partial charge on any atom is -0.481 e. The summed E-state index contributed by atoms with van der Waals surface area (Å²) in [6.45, 7) is 5.48. The average molecular weight is 439 g/mol. The van der Waals surface area contributed by atoms with Crippen LogP contribution >= 0.6 is 0 Å². The van der Waals surface area contributed by atoms with Gasteiger partial charge in [0.1, 0.15) is 0 Å². The van der Waals surface area contributed by atoms with Crippen LogP contribution in [0.4, 0.5) is 5.82 Å². The standard InChI is InChI=1S/C23H30N6O3/c1-3-11-32-12-10-29-19-13-17(16-4-5-20(31-2)25-14-16)15-26-21(19)28-22(23(29)30)27-18-6-8-24-9-7-18/h4-5,13-15,18,24H,3,6-12H2,1-2H3,(H,26,27,28). The number of fused-ring (bicyclic) bond motifs is 1. The van der Waals surface area contributed by atoms with E-state index in [4.69, 9.17) is 9.47 Å². The minimum atomic E-state index is -0.150. The van der Waals surface area contributed by atoms with E-state index in [1.165, 1.54) is 0 Å². The summed E-state index contributed by atoms with van der Waals surface area (Å²) >= 11 is 0. The molecule has 0 radical (unpaired) electrons. The summed E-state index contributed by atoms with van der Waals surface area (Å²) in [5.74, 6) is 0.897. The summed E-state index contributed by atoms with van der Waals surface area (Å²) < 4.78 is 12.5. The monoisotopic (exact) mass is 438 g/mol. The Bertz CT molecular complexity index is 1090. The van der Waals surface area contributed by atoms with Crippen molar-refractivity contribution in [1.82, 2.24) is 24.8 Å². The molecule has 1 aliphatic rings. The number of piperidine rings is 1. The summed E-state index contributed by atoms with van der Waals surface area (Å²) in [6, 6.07) is 5.88. The number of methoxy groups -OCH3 is 1. The minimum absolute atomic E-state index is 0.150. The van der Waals surface area contributed by atoms with Crippen LogP contribution in [0, 0.1) is 0 Å². The smallest absolute Gasteiger partial charge is 0.293 e. The van der Waals surface area contributed by atoms with Crippen LogP contribution in [-0.4, -0.2) is 59.0 Å². The highest BCUT2D eigenvalue weighted by Crippen LogP contribution is 2.23. The molecular formula is C23H30N6O3. The van der Waals surface area contributed by atoms with Crippen molar-refractivity contribution in [2.75, 3.05) is 38.7 Å². The van der Waals surface area contributed by atoms with Crippen molar-refractivity contribution >= 4 is 17.0 Å². The SMILES string of the molecule is CCCOCCn1c(=O)c(NC2CCNCC2)nc2ncc(-c3ccc(OC)nc3)cc21. The lowest BCUT2D eigenvalue weighted by Gasteiger charge is -2.24. The van der Waals surface area contributed by atoms with Gasteiger partial charge in [-0.1, -0.05) is 6.92 Å². The zero-order valence-electron chi connectivity index (χ0n) is 18.6. The third-order valence-corrected chi connectivity index (χ3v) is 5.57. The van der Waals surface area contributed by atoms with Gasteiger partial charge in [-0.25, -0.2) is 15.0 Å². The lowest BCUT2D eigenvalue weighted by atomic mass is 10.1. The second-order valence-corrected chi connectivity index (χ2v) is 7.85. The Morgan fingerprint density at radius 3 is 2.69 bits per heavy atom. The molecule has 0 aromatic carbocycles. The Morgan fingerprint density at radius 1 is 1.16 bits per heavy atom. The lowest BCUT2D eigenvalue weighted by Crippen LogP contribution is -2.38. The number of hydrogen-bond donors (Lipinski definition) is 2. The molecule has 0 aliphatic carbocycles. The average Bonchev–Trinajstić information content (AvgIpc) is 2.84. The fourth-order valence-electron chi connectivity index (χ4n) is 3.83. The summed E-state index contributed by atoms with van der Waals surface area (Å²) in [7, 11) is 1.58. The normalized spacial score (nSPS) is 14.6. The molecule has 0 atom stereocenters. The van der Waals surface area contributed by atoms with Crippen molar-refractivity contribution < 1.29 is 9.47 Å². The first kappa shape index (κ1) is 22.2. The Kier molecular flexibility index (Phi) is 7.28. The topological polar surface area (TPSA) is 103 Å². The van der Waals surface area contributed by atoms with Crippen molar-refractivity contribution in [3.05, 3.63) is 40.9 Å². The molecule has 9 heteroatoms. The molecule has 4 rings (SSSR count). The summed E-state index contributed by atoms with van der Waals surface area (Å²) in [5.41, 5.74) is 2.80. The first-order valence-corrected chi connectivity index (χ1v) is 11.2. The third kappa shape index (κ3) is 5.05. The first-order chi connectivity index (χ1) is 15.7. The quantitative estimate of drug-likeness (QED) is 0.491. The van der Waals surface area contributed by atoms with Crippen molar-refractivity contribution in [2.45, 2.75) is 38.8 Å². The van der Waals surface area contributed by atoms with Crippen LogP contribution in [0.2, 0.25) is 0 Å². The second kappa shape index (κ2) is 10.5. The Labute approximate surface area is 187 Å². The van der Waals surface area contributed by atoms with Crippen LogP contribution in [0.1, 0.15) is 26.2 Å². The van der Waals surface area contributed by atoms with Crippen molar-refractivity contribution in [1.29, 1.82) is 0 Å². The molecule has 0 amide bonds. The third-order valence-electron chi connectivity index (χ3n) is 5.57. The van der Waals surface area contributed by atoms with E-state index < -0.39 is 0 Å². The van der Waals surface area contributed by atoms with E-state index in [0.717, 1.165) is 43.5 Å². The highest BCUT2D eigenvalue weighted by Gasteiger charge is 2.18. The number of rotatable bonds is 9. The highest BCUT2D eigenvalue weighted by atomic mass is 16.5. The number of ether oxygens (including phenoxy) is 2. The molecule has 3 aromatic rings. The van der Waals surface area contributed by atoms with E-state index >= 15 is 0 Å². The zero-order valence-corrected chi connectivity index (χ0v) is 18.6. The molecule has 2 N–H and O–H groups in total. The van der Waals surface area contributed by atoms with Crippen LogP contribution in [-0.2, 0) is 11.3 Å². The number of hydrogen-bond acceptors (Lipinski definition) is 8. The highest BCUT2D eigenvalue weighted by molar-refractivity contribution is 5.78. The fraction of sp³-hybridized carbons (Fsp3) is 0.478. The maximum Gasteiger partial charge on any atom is 0.293 e. The van der Waals surface area contributed by atoms with Gasteiger partial charge < -0.3 is 20.1 Å². The summed E-state index contributed by atoms with van der Waals surface area (Å²) in [6.07, 6.45) is 6.33. The zero-order chi connectivity index (χ0) is 22.3. The van der Waals surface area contributed by atoms with Gasteiger partial charge >= 0.3 is 0 Å². The Balaban J connectivity index is 1.71. The van der Waals surface area contributed by atoms with Gasteiger partial charge in [0, 0.05) is 48.8 Å². The van der Waals surface area contributed by atoms with Gasteiger partial charge in [-0.2, -0.15) is 0 Å². The van der Waals surface area contributed by atoms with Gasteiger partial charge in [-0.05, 0) is 44.5 Å². The van der Waals surface area contributed by atoms with Gasteiger partial charge in [0.05, 0.1) is 19.2 Å². The second-order valence-electron chi connectivity index (χ2n) is 7.85. The molecular weight excluding hydrogens is 408 g/mol. The molecule has 0 unspecified atom stereocenters.